The molecule has 1 N–H and O–H groups in total. The Hall–Kier alpha value is -1.22. The molecule has 0 radical (unpaired) electrons. The summed E-state index contributed by atoms with van der Waals surface area (Å²) in [6, 6.07) is 5.49. The molecular weight excluding hydrogens is 216 g/mol. The second-order valence-corrected chi connectivity index (χ2v) is 4.35. The first-order chi connectivity index (χ1) is 8.21. The van der Waals surface area contributed by atoms with E-state index in [-0.39, 0.29) is 6.61 Å². The Morgan fingerprint density at radius 1 is 1.29 bits per heavy atom. The average Bonchev–Trinajstić information content (AvgIpc) is 2.36. The SMILES string of the molecule is CCCC(C)COc1cc(CO)ccc1OC. The van der Waals surface area contributed by atoms with Gasteiger partial charge < -0.3 is 14.6 Å². The molecule has 0 aliphatic rings. The highest BCUT2D eigenvalue weighted by molar-refractivity contribution is 5.42. The van der Waals surface area contributed by atoms with Crippen molar-refractivity contribution in [3.8, 4) is 11.5 Å². The largest absolute Gasteiger partial charge is 0.493 e. The molecule has 0 heterocycles. The maximum absolute atomic E-state index is 9.09. The third-order valence-corrected chi connectivity index (χ3v) is 2.72. The third-order valence-electron chi connectivity index (χ3n) is 2.72. The summed E-state index contributed by atoms with van der Waals surface area (Å²) in [4.78, 5) is 0. The zero-order chi connectivity index (χ0) is 12.7. The van der Waals surface area contributed by atoms with Gasteiger partial charge in [0.05, 0.1) is 20.3 Å². The highest BCUT2D eigenvalue weighted by Gasteiger charge is 2.08. The van der Waals surface area contributed by atoms with E-state index in [1.54, 1.807) is 7.11 Å². The van der Waals surface area contributed by atoms with Gasteiger partial charge in [-0.1, -0.05) is 26.3 Å². The summed E-state index contributed by atoms with van der Waals surface area (Å²) in [5, 5.41) is 9.09. The van der Waals surface area contributed by atoms with Crippen molar-refractivity contribution in [3.63, 3.8) is 0 Å². The van der Waals surface area contributed by atoms with E-state index in [1.807, 2.05) is 18.2 Å². The van der Waals surface area contributed by atoms with Gasteiger partial charge in [0.2, 0.25) is 0 Å². The molecule has 0 amide bonds. The molecule has 0 aliphatic heterocycles. The van der Waals surface area contributed by atoms with E-state index in [0.29, 0.717) is 24.0 Å². The van der Waals surface area contributed by atoms with Crippen LogP contribution >= 0.6 is 0 Å². The Kier molecular flexibility index (Phi) is 5.84. The lowest BCUT2D eigenvalue weighted by molar-refractivity contribution is 0.238. The lowest BCUT2D eigenvalue weighted by atomic mass is 10.1. The van der Waals surface area contributed by atoms with Crippen LogP contribution in [0.2, 0.25) is 0 Å². The number of benzene rings is 1. The molecule has 3 nitrogen and oxygen atoms in total. The first kappa shape index (κ1) is 13.8. The van der Waals surface area contributed by atoms with E-state index >= 15 is 0 Å². The topological polar surface area (TPSA) is 38.7 Å². The number of ether oxygens (including phenoxy) is 2. The van der Waals surface area contributed by atoms with E-state index in [2.05, 4.69) is 13.8 Å². The summed E-state index contributed by atoms with van der Waals surface area (Å²) in [5.74, 6) is 1.95. The standard InChI is InChI=1S/C14H22O3/c1-4-5-11(2)10-17-14-8-12(9-15)6-7-13(14)16-3/h6-8,11,15H,4-5,9-10H2,1-3H3. The van der Waals surface area contributed by atoms with Crippen LogP contribution in [-0.4, -0.2) is 18.8 Å². The number of rotatable bonds is 7. The molecule has 17 heavy (non-hydrogen) atoms. The van der Waals surface area contributed by atoms with Gasteiger partial charge in [-0.05, 0) is 30.0 Å². The summed E-state index contributed by atoms with van der Waals surface area (Å²) in [6.45, 7) is 5.04. The second kappa shape index (κ2) is 7.17. The molecule has 0 saturated carbocycles. The van der Waals surface area contributed by atoms with Crippen LogP contribution in [0, 0.1) is 5.92 Å². The van der Waals surface area contributed by atoms with Gasteiger partial charge in [0, 0.05) is 0 Å². The molecule has 1 unspecified atom stereocenters. The number of methoxy groups -OCH3 is 1. The van der Waals surface area contributed by atoms with Crippen molar-refractivity contribution in [1.82, 2.24) is 0 Å². The van der Waals surface area contributed by atoms with E-state index in [9.17, 15) is 0 Å². The summed E-state index contributed by atoms with van der Waals surface area (Å²) in [7, 11) is 1.62. The minimum Gasteiger partial charge on any atom is -0.493 e. The highest BCUT2D eigenvalue weighted by Crippen LogP contribution is 2.28. The van der Waals surface area contributed by atoms with Gasteiger partial charge in [-0.3, -0.25) is 0 Å². The first-order valence-corrected chi connectivity index (χ1v) is 6.11. The summed E-state index contributed by atoms with van der Waals surface area (Å²) >= 11 is 0. The minimum atomic E-state index is 0.0187. The van der Waals surface area contributed by atoms with Crippen LogP contribution in [0.1, 0.15) is 32.3 Å². The van der Waals surface area contributed by atoms with Gasteiger partial charge in [0.25, 0.3) is 0 Å². The van der Waals surface area contributed by atoms with E-state index < -0.39 is 0 Å². The predicted octanol–water partition coefficient (Wildman–Crippen LogP) is 3.00. The number of aliphatic hydroxyl groups excluding tert-OH is 1. The van der Waals surface area contributed by atoms with Crippen LogP contribution in [0.25, 0.3) is 0 Å². The van der Waals surface area contributed by atoms with Crippen molar-refractivity contribution in [2.75, 3.05) is 13.7 Å². The van der Waals surface area contributed by atoms with Crippen LogP contribution in [0.4, 0.5) is 0 Å². The van der Waals surface area contributed by atoms with E-state index in [0.717, 1.165) is 12.0 Å². The zero-order valence-corrected chi connectivity index (χ0v) is 10.9. The Morgan fingerprint density at radius 3 is 2.65 bits per heavy atom. The minimum absolute atomic E-state index is 0.0187. The van der Waals surface area contributed by atoms with Crippen LogP contribution < -0.4 is 9.47 Å². The van der Waals surface area contributed by atoms with Gasteiger partial charge in [0.15, 0.2) is 11.5 Å². The smallest absolute Gasteiger partial charge is 0.161 e. The van der Waals surface area contributed by atoms with Crippen molar-refractivity contribution < 1.29 is 14.6 Å². The Bertz CT molecular complexity index is 336. The molecule has 0 bridgehead atoms. The van der Waals surface area contributed by atoms with Crippen molar-refractivity contribution >= 4 is 0 Å². The fourth-order valence-corrected chi connectivity index (χ4v) is 1.74. The monoisotopic (exact) mass is 238 g/mol. The molecule has 3 heteroatoms. The zero-order valence-electron chi connectivity index (χ0n) is 10.9. The molecule has 1 atom stereocenters. The molecule has 0 spiro atoms. The molecular formula is C14H22O3. The fraction of sp³-hybridized carbons (Fsp3) is 0.571. The molecule has 1 aromatic rings. The Balaban J connectivity index is 2.67. The van der Waals surface area contributed by atoms with Gasteiger partial charge >= 0.3 is 0 Å². The molecule has 96 valence electrons. The normalized spacial score (nSPS) is 12.2. The molecule has 0 aliphatic carbocycles. The van der Waals surface area contributed by atoms with Crippen molar-refractivity contribution in [3.05, 3.63) is 23.8 Å². The summed E-state index contributed by atoms with van der Waals surface area (Å²) in [5.41, 5.74) is 0.837. The lowest BCUT2D eigenvalue weighted by Gasteiger charge is -2.15. The average molecular weight is 238 g/mol. The predicted molar refractivity (Wildman–Crippen MR) is 68.5 cm³/mol. The van der Waals surface area contributed by atoms with Gasteiger partial charge in [-0.15, -0.1) is 0 Å². The van der Waals surface area contributed by atoms with Crippen LogP contribution in [-0.2, 0) is 6.61 Å². The highest BCUT2D eigenvalue weighted by atomic mass is 16.5. The fourth-order valence-electron chi connectivity index (χ4n) is 1.74. The Morgan fingerprint density at radius 2 is 2.06 bits per heavy atom. The first-order valence-electron chi connectivity index (χ1n) is 6.11. The Labute approximate surface area is 103 Å². The van der Waals surface area contributed by atoms with Crippen LogP contribution in [0.15, 0.2) is 18.2 Å². The molecule has 0 saturated heterocycles. The number of aliphatic hydroxyl groups is 1. The second-order valence-electron chi connectivity index (χ2n) is 4.35. The van der Waals surface area contributed by atoms with Gasteiger partial charge in [-0.2, -0.15) is 0 Å². The van der Waals surface area contributed by atoms with Gasteiger partial charge in [0.1, 0.15) is 0 Å². The summed E-state index contributed by atoms with van der Waals surface area (Å²) < 4.78 is 11.0. The quantitative estimate of drug-likeness (QED) is 0.793. The summed E-state index contributed by atoms with van der Waals surface area (Å²) in [6.07, 6.45) is 2.32. The number of hydrogen-bond acceptors (Lipinski definition) is 3. The third kappa shape index (κ3) is 4.27. The maximum Gasteiger partial charge on any atom is 0.161 e. The van der Waals surface area contributed by atoms with Crippen molar-refractivity contribution in [2.45, 2.75) is 33.3 Å². The van der Waals surface area contributed by atoms with Crippen molar-refractivity contribution in [1.29, 1.82) is 0 Å². The van der Waals surface area contributed by atoms with Crippen molar-refractivity contribution in [2.24, 2.45) is 5.92 Å². The molecule has 1 rings (SSSR count). The molecule has 1 aromatic carbocycles. The van der Waals surface area contributed by atoms with Crippen LogP contribution in [0.3, 0.4) is 0 Å². The molecule has 0 fully saturated rings. The van der Waals surface area contributed by atoms with Crippen LogP contribution in [0.5, 0.6) is 11.5 Å². The lowest BCUT2D eigenvalue weighted by Crippen LogP contribution is -2.09. The molecule has 0 aromatic heterocycles. The van der Waals surface area contributed by atoms with E-state index in [1.165, 1.54) is 6.42 Å². The number of hydrogen-bond donors (Lipinski definition) is 1. The van der Waals surface area contributed by atoms with Gasteiger partial charge in [-0.25, -0.2) is 0 Å². The van der Waals surface area contributed by atoms with E-state index in [4.69, 9.17) is 14.6 Å². The maximum atomic E-state index is 9.09.